The number of hydrazone groups is 1. The summed E-state index contributed by atoms with van der Waals surface area (Å²) >= 11 is 1.25. The molecular weight excluding hydrogens is 506 g/mol. The molecule has 1 N–H and O–H groups in total. The van der Waals surface area contributed by atoms with Crippen LogP contribution in [0, 0.1) is 0 Å². The van der Waals surface area contributed by atoms with Crippen molar-refractivity contribution in [1.82, 2.24) is 20.2 Å². The molecule has 0 saturated heterocycles. The molecule has 0 aliphatic carbocycles. The van der Waals surface area contributed by atoms with Crippen LogP contribution in [-0.4, -0.2) is 61.1 Å². The summed E-state index contributed by atoms with van der Waals surface area (Å²) in [5, 5.41) is 13.4. The number of benzene rings is 3. The first-order valence-electron chi connectivity index (χ1n) is 11.5. The number of nitrogens with one attached hydrogen (secondary N) is 1. The van der Waals surface area contributed by atoms with Gasteiger partial charge in [-0.2, -0.15) is 5.10 Å². The number of aromatic nitrogens is 3. The maximum absolute atomic E-state index is 12.6. The number of carbonyl (C=O) groups excluding carboxylic acids is 1. The van der Waals surface area contributed by atoms with Crippen molar-refractivity contribution in [3.63, 3.8) is 0 Å². The van der Waals surface area contributed by atoms with Crippen LogP contribution in [0.15, 0.2) is 77.0 Å². The smallest absolute Gasteiger partial charge is 0.250 e. The Hall–Kier alpha value is -4.51. The van der Waals surface area contributed by atoms with Gasteiger partial charge in [0.05, 0.1) is 40.4 Å². The number of rotatable bonds is 11. The lowest BCUT2D eigenvalue weighted by molar-refractivity contribution is -0.118. The maximum Gasteiger partial charge on any atom is 0.250 e. The van der Waals surface area contributed by atoms with Crippen molar-refractivity contribution >= 4 is 23.9 Å². The van der Waals surface area contributed by atoms with Gasteiger partial charge in [-0.1, -0.05) is 30.0 Å². The molecule has 11 heteroatoms. The zero-order valence-corrected chi connectivity index (χ0v) is 22.2. The lowest BCUT2D eigenvalue weighted by atomic mass is 10.2. The zero-order chi connectivity index (χ0) is 26.9. The third-order valence-electron chi connectivity index (χ3n) is 5.46. The Morgan fingerprint density at radius 1 is 0.895 bits per heavy atom. The molecule has 4 aromatic rings. The standard InChI is InChI=1S/C27H27N5O5S/c1-34-21-12-10-19(23(15-21)36-3)16-28-29-25(33)17-38-27-31-30-26(32(27)20-8-6-5-7-9-20)18-11-13-22(35-2)24(14-18)37-4/h5-16H,17H2,1-4H3,(H,29,33)/b28-16-. The molecule has 0 aliphatic heterocycles. The summed E-state index contributed by atoms with van der Waals surface area (Å²) in [6.07, 6.45) is 1.52. The van der Waals surface area contributed by atoms with E-state index < -0.39 is 0 Å². The summed E-state index contributed by atoms with van der Waals surface area (Å²) < 4.78 is 23.3. The second kappa shape index (κ2) is 12.6. The fraction of sp³-hybridized carbons (Fsp3) is 0.185. The Kier molecular flexibility index (Phi) is 8.83. The first kappa shape index (κ1) is 26.6. The van der Waals surface area contributed by atoms with Gasteiger partial charge in [0.25, 0.3) is 5.91 Å². The van der Waals surface area contributed by atoms with Crippen LogP contribution in [-0.2, 0) is 4.79 Å². The molecule has 196 valence electrons. The van der Waals surface area contributed by atoms with Crippen molar-refractivity contribution < 1.29 is 23.7 Å². The van der Waals surface area contributed by atoms with Crippen molar-refractivity contribution in [2.24, 2.45) is 5.10 Å². The summed E-state index contributed by atoms with van der Waals surface area (Å²) in [5.41, 5.74) is 4.88. The second-order valence-electron chi connectivity index (χ2n) is 7.74. The molecular formula is C27H27N5O5S. The van der Waals surface area contributed by atoms with Gasteiger partial charge in [0.2, 0.25) is 0 Å². The summed E-state index contributed by atoms with van der Waals surface area (Å²) in [5.74, 6) is 2.81. The van der Waals surface area contributed by atoms with Gasteiger partial charge in [-0.25, -0.2) is 5.43 Å². The number of hydrogen-bond donors (Lipinski definition) is 1. The molecule has 0 radical (unpaired) electrons. The summed E-state index contributed by atoms with van der Waals surface area (Å²) in [7, 11) is 6.30. The van der Waals surface area contributed by atoms with E-state index in [0.29, 0.717) is 39.5 Å². The zero-order valence-electron chi connectivity index (χ0n) is 21.4. The molecule has 0 fully saturated rings. The highest BCUT2D eigenvalue weighted by atomic mass is 32.2. The van der Waals surface area contributed by atoms with E-state index >= 15 is 0 Å². The Labute approximate surface area is 224 Å². The molecule has 0 unspecified atom stereocenters. The first-order valence-corrected chi connectivity index (χ1v) is 12.5. The highest BCUT2D eigenvalue weighted by molar-refractivity contribution is 7.99. The predicted molar refractivity (Wildman–Crippen MR) is 146 cm³/mol. The van der Waals surface area contributed by atoms with Crippen LogP contribution in [0.3, 0.4) is 0 Å². The second-order valence-corrected chi connectivity index (χ2v) is 8.68. The third-order valence-corrected chi connectivity index (χ3v) is 6.38. The number of hydrogen-bond acceptors (Lipinski definition) is 9. The summed E-state index contributed by atoms with van der Waals surface area (Å²) in [4.78, 5) is 12.6. The Morgan fingerprint density at radius 2 is 1.66 bits per heavy atom. The molecule has 38 heavy (non-hydrogen) atoms. The van der Waals surface area contributed by atoms with Crippen LogP contribution >= 0.6 is 11.8 Å². The number of methoxy groups -OCH3 is 4. The quantitative estimate of drug-likeness (QED) is 0.174. The van der Waals surface area contributed by atoms with Gasteiger partial charge < -0.3 is 18.9 Å². The number of para-hydroxylation sites is 1. The average molecular weight is 534 g/mol. The minimum atomic E-state index is -0.297. The normalized spacial score (nSPS) is 10.8. The number of ether oxygens (including phenoxy) is 4. The van der Waals surface area contributed by atoms with Gasteiger partial charge in [0.1, 0.15) is 11.5 Å². The van der Waals surface area contributed by atoms with Crippen molar-refractivity contribution in [2.75, 3.05) is 34.2 Å². The number of nitrogens with zero attached hydrogens (tertiary/aromatic N) is 4. The SMILES string of the molecule is COc1ccc(/C=N\NC(=O)CSc2nnc(-c3ccc(OC)c(OC)c3)n2-c2ccccc2)c(OC)c1. The molecule has 1 heterocycles. The fourth-order valence-corrected chi connectivity index (χ4v) is 4.34. The number of amides is 1. The lowest BCUT2D eigenvalue weighted by Crippen LogP contribution is -2.20. The van der Waals surface area contributed by atoms with E-state index in [2.05, 4.69) is 20.7 Å². The lowest BCUT2D eigenvalue weighted by Gasteiger charge is -2.12. The summed E-state index contributed by atoms with van der Waals surface area (Å²) in [6, 6.07) is 20.5. The van der Waals surface area contributed by atoms with E-state index in [9.17, 15) is 4.79 Å². The maximum atomic E-state index is 12.6. The van der Waals surface area contributed by atoms with E-state index in [1.807, 2.05) is 53.1 Å². The molecule has 0 saturated carbocycles. The van der Waals surface area contributed by atoms with Crippen molar-refractivity contribution in [3.05, 3.63) is 72.3 Å². The molecule has 1 aromatic heterocycles. The molecule has 0 bridgehead atoms. The van der Waals surface area contributed by atoms with E-state index in [0.717, 1.165) is 11.3 Å². The largest absolute Gasteiger partial charge is 0.497 e. The van der Waals surface area contributed by atoms with Crippen molar-refractivity contribution in [1.29, 1.82) is 0 Å². The monoisotopic (exact) mass is 533 g/mol. The molecule has 4 rings (SSSR count). The number of thioether (sulfide) groups is 1. The van der Waals surface area contributed by atoms with E-state index in [4.69, 9.17) is 18.9 Å². The van der Waals surface area contributed by atoms with Gasteiger partial charge >= 0.3 is 0 Å². The molecule has 3 aromatic carbocycles. The van der Waals surface area contributed by atoms with E-state index in [1.54, 1.807) is 46.6 Å². The van der Waals surface area contributed by atoms with Gasteiger partial charge in [0, 0.05) is 22.9 Å². The van der Waals surface area contributed by atoms with Crippen molar-refractivity contribution in [2.45, 2.75) is 5.16 Å². The molecule has 0 aliphatic rings. The van der Waals surface area contributed by atoms with Gasteiger partial charge in [0.15, 0.2) is 22.5 Å². The Balaban J connectivity index is 1.52. The van der Waals surface area contributed by atoms with Crippen LogP contribution in [0.1, 0.15) is 5.56 Å². The summed E-state index contributed by atoms with van der Waals surface area (Å²) in [6.45, 7) is 0. The third kappa shape index (κ3) is 6.06. The van der Waals surface area contributed by atoms with Crippen LogP contribution in [0.25, 0.3) is 17.1 Å². The minimum absolute atomic E-state index is 0.0774. The van der Waals surface area contributed by atoms with Gasteiger partial charge in [-0.15, -0.1) is 10.2 Å². The Bertz CT molecular complexity index is 1420. The molecule has 0 spiro atoms. The first-order chi connectivity index (χ1) is 18.6. The van der Waals surface area contributed by atoms with E-state index in [-0.39, 0.29) is 11.7 Å². The van der Waals surface area contributed by atoms with Crippen molar-refractivity contribution in [3.8, 4) is 40.1 Å². The average Bonchev–Trinajstić information content (AvgIpc) is 3.40. The number of carbonyl (C=O) groups is 1. The predicted octanol–water partition coefficient (Wildman–Crippen LogP) is 4.21. The highest BCUT2D eigenvalue weighted by Gasteiger charge is 2.18. The van der Waals surface area contributed by atoms with Gasteiger partial charge in [-0.3, -0.25) is 9.36 Å². The van der Waals surface area contributed by atoms with Crippen LogP contribution < -0.4 is 24.4 Å². The fourth-order valence-electron chi connectivity index (χ4n) is 3.60. The Morgan fingerprint density at radius 3 is 2.37 bits per heavy atom. The van der Waals surface area contributed by atoms with Crippen LogP contribution in [0.4, 0.5) is 0 Å². The molecule has 1 amide bonds. The topological polar surface area (TPSA) is 109 Å². The highest BCUT2D eigenvalue weighted by Crippen LogP contribution is 2.34. The van der Waals surface area contributed by atoms with E-state index in [1.165, 1.54) is 18.0 Å². The van der Waals surface area contributed by atoms with Crippen LogP contribution in [0.2, 0.25) is 0 Å². The van der Waals surface area contributed by atoms with Crippen LogP contribution in [0.5, 0.6) is 23.0 Å². The van der Waals surface area contributed by atoms with Gasteiger partial charge in [-0.05, 0) is 42.5 Å². The minimum Gasteiger partial charge on any atom is -0.497 e. The molecule has 10 nitrogen and oxygen atoms in total. The molecule has 0 atom stereocenters.